The van der Waals surface area contributed by atoms with Gasteiger partial charge in [0, 0.05) is 5.56 Å². The molecule has 4 rings (SSSR count). The van der Waals surface area contributed by atoms with Crippen molar-refractivity contribution in [3.63, 3.8) is 0 Å². The van der Waals surface area contributed by atoms with E-state index in [-0.39, 0.29) is 57.9 Å². The molecule has 1 atom stereocenters. The summed E-state index contributed by atoms with van der Waals surface area (Å²) < 4.78 is 17.5. The van der Waals surface area contributed by atoms with Crippen LogP contribution in [0.2, 0.25) is 0 Å². The summed E-state index contributed by atoms with van der Waals surface area (Å²) in [5.41, 5.74) is 10.9. The van der Waals surface area contributed by atoms with Crippen LogP contribution in [0.1, 0.15) is 36.7 Å². The number of anilines is 1. The van der Waals surface area contributed by atoms with Gasteiger partial charge in [-0.3, -0.25) is 25.9 Å². The molecule has 2 heterocycles. The number of hydrogen-bond acceptors (Lipinski definition) is 11. The number of guanidine groups is 1. The van der Waals surface area contributed by atoms with E-state index in [1.807, 2.05) is 0 Å². The minimum Gasteiger partial charge on any atom is -0.456 e. The first-order chi connectivity index (χ1) is 19.3. The van der Waals surface area contributed by atoms with Crippen molar-refractivity contribution in [3.8, 4) is 11.5 Å². The average molecular weight is 564 g/mol. The number of aliphatic hydroxyl groups excluding tert-OH is 1. The van der Waals surface area contributed by atoms with Crippen LogP contribution in [0.4, 0.5) is 5.69 Å². The molecule has 0 fully saturated rings. The van der Waals surface area contributed by atoms with Gasteiger partial charge in [-0.1, -0.05) is 18.2 Å². The summed E-state index contributed by atoms with van der Waals surface area (Å²) in [6.07, 6.45) is 0. The number of fused-ring (bicyclic) bond motifs is 1. The van der Waals surface area contributed by atoms with E-state index < -0.39 is 30.1 Å². The molecule has 1 unspecified atom stereocenters. The number of amidine groups is 3. The number of esters is 1. The topological polar surface area (TPSA) is 243 Å². The largest absolute Gasteiger partial charge is 0.456 e. The van der Waals surface area contributed by atoms with Crippen molar-refractivity contribution in [3.05, 3.63) is 65.2 Å². The Morgan fingerprint density at radius 2 is 1.83 bits per heavy atom. The SMILES string of the molecule is CC(C)(C)OC(=O)c1ccc(C(=N)N)cc1OC1=C2NC(=O)C(CO)N=C2NC(Oc2ccccc2NC(=N)N)=N1. The van der Waals surface area contributed by atoms with Crippen molar-refractivity contribution in [2.45, 2.75) is 32.4 Å². The van der Waals surface area contributed by atoms with Crippen LogP contribution in [0.3, 0.4) is 0 Å². The third kappa shape index (κ3) is 6.77. The zero-order chi connectivity index (χ0) is 29.9. The number of nitrogens with zero attached hydrogens (tertiary/aromatic N) is 2. The number of nitrogen functional groups attached to an aromatic ring is 1. The summed E-state index contributed by atoms with van der Waals surface area (Å²) in [5, 5.41) is 33.1. The highest BCUT2D eigenvalue weighted by Gasteiger charge is 2.34. The molecule has 0 radical (unpaired) electrons. The monoisotopic (exact) mass is 563 g/mol. The van der Waals surface area contributed by atoms with Gasteiger partial charge in [-0.15, -0.1) is 0 Å². The van der Waals surface area contributed by atoms with E-state index in [1.165, 1.54) is 18.2 Å². The Hall–Kier alpha value is -5.44. The third-order valence-electron chi connectivity index (χ3n) is 5.37. The van der Waals surface area contributed by atoms with Crippen LogP contribution in [0.15, 0.2) is 64.0 Å². The van der Waals surface area contributed by atoms with E-state index in [0.717, 1.165) is 0 Å². The van der Waals surface area contributed by atoms with Crippen LogP contribution in [0, 0.1) is 10.8 Å². The van der Waals surface area contributed by atoms with Crippen LogP contribution in [0.25, 0.3) is 0 Å². The Bertz CT molecular complexity index is 1520. The highest BCUT2D eigenvalue weighted by Crippen LogP contribution is 2.29. The Labute approximate surface area is 234 Å². The number of carbonyl (C=O) groups excluding carboxylic acids is 2. The lowest BCUT2D eigenvalue weighted by Crippen LogP contribution is -2.51. The number of nitrogens with two attached hydrogens (primary N) is 2. The van der Waals surface area contributed by atoms with Crippen LogP contribution < -0.4 is 36.9 Å². The molecule has 15 nitrogen and oxygen atoms in total. The number of benzene rings is 2. The normalized spacial score (nSPS) is 16.3. The molecule has 2 aliphatic heterocycles. The fraction of sp³-hybridized carbons (Fsp3) is 0.231. The van der Waals surface area contributed by atoms with E-state index >= 15 is 0 Å². The first-order valence-electron chi connectivity index (χ1n) is 12.2. The molecule has 2 aromatic carbocycles. The molecular weight excluding hydrogens is 534 g/mol. The van der Waals surface area contributed by atoms with Gasteiger partial charge < -0.3 is 41.4 Å². The fourth-order valence-corrected chi connectivity index (χ4v) is 3.61. The Morgan fingerprint density at radius 3 is 2.49 bits per heavy atom. The van der Waals surface area contributed by atoms with Gasteiger partial charge in [-0.2, -0.15) is 4.99 Å². The molecule has 2 aliphatic rings. The quantitative estimate of drug-likeness (QED) is 0.133. The molecule has 15 heteroatoms. The molecular formula is C26H29N9O6. The molecule has 0 saturated heterocycles. The zero-order valence-electron chi connectivity index (χ0n) is 22.4. The lowest BCUT2D eigenvalue weighted by molar-refractivity contribution is -0.122. The first kappa shape index (κ1) is 28.6. The molecule has 2 aromatic rings. The van der Waals surface area contributed by atoms with Gasteiger partial charge in [0.2, 0.25) is 0 Å². The number of aliphatic hydroxyl groups is 1. The number of rotatable bonds is 7. The van der Waals surface area contributed by atoms with Gasteiger partial charge in [0.15, 0.2) is 23.6 Å². The highest BCUT2D eigenvalue weighted by atomic mass is 16.6. The highest BCUT2D eigenvalue weighted by molar-refractivity contribution is 6.14. The van der Waals surface area contributed by atoms with Crippen molar-refractivity contribution in [2.24, 2.45) is 21.5 Å². The minimum absolute atomic E-state index is 0.000843. The summed E-state index contributed by atoms with van der Waals surface area (Å²) in [5.74, 6) is -1.96. The smallest absolute Gasteiger partial charge is 0.342 e. The number of para-hydroxylation sites is 2. The predicted octanol–water partition coefficient (Wildman–Crippen LogP) is 0.707. The summed E-state index contributed by atoms with van der Waals surface area (Å²) in [4.78, 5) is 34.1. The van der Waals surface area contributed by atoms with Crippen molar-refractivity contribution >= 4 is 41.2 Å². The van der Waals surface area contributed by atoms with Gasteiger partial charge >= 0.3 is 12.0 Å². The molecule has 0 aromatic heterocycles. The maximum atomic E-state index is 13.0. The summed E-state index contributed by atoms with van der Waals surface area (Å²) >= 11 is 0. The van der Waals surface area contributed by atoms with Crippen molar-refractivity contribution < 1.29 is 28.9 Å². The lowest BCUT2D eigenvalue weighted by Gasteiger charge is -2.28. The van der Waals surface area contributed by atoms with Gasteiger partial charge in [0.05, 0.1) is 12.3 Å². The van der Waals surface area contributed by atoms with Crippen molar-refractivity contribution in [1.29, 1.82) is 10.8 Å². The summed E-state index contributed by atoms with van der Waals surface area (Å²) in [6, 6.07) is 9.54. The van der Waals surface area contributed by atoms with E-state index in [4.69, 9.17) is 36.5 Å². The van der Waals surface area contributed by atoms with Crippen molar-refractivity contribution in [2.75, 3.05) is 11.9 Å². The van der Waals surface area contributed by atoms with Crippen LogP contribution in [-0.2, 0) is 9.53 Å². The third-order valence-corrected chi connectivity index (χ3v) is 5.37. The molecule has 0 saturated carbocycles. The standard InChI is InChI=1S/C26H29N9O6/c1-26(2,3)41-23(38)13-9-8-12(19(27)28)10-17(13)39-22-18-20(31-15(11-36)21(37)33-18)34-25(35-22)40-16-7-5-4-6-14(16)32-24(29)30/h4-10,15,36H,11H2,1-3H3,(H3,27,28)(H,33,37)(H4,29,30,32)(H,31,34,35). The Kier molecular flexibility index (Phi) is 7.91. The van der Waals surface area contributed by atoms with E-state index in [1.54, 1.807) is 45.0 Å². The Balaban J connectivity index is 1.80. The number of amides is 1. The van der Waals surface area contributed by atoms with Gasteiger partial charge in [-0.05, 0) is 45.0 Å². The second kappa shape index (κ2) is 11.4. The number of nitrogens with one attached hydrogen (secondary N) is 5. The second-order valence-electron chi connectivity index (χ2n) is 9.75. The molecule has 0 bridgehead atoms. The Morgan fingerprint density at radius 1 is 1.10 bits per heavy atom. The minimum atomic E-state index is -1.12. The summed E-state index contributed by atoms with van der Waals surface area (Å²) in [6.45, 7) is 4.55. The molecule has 10 N–H and O–H groups in total. The lowest BCUT2D eigenvalue weighted by atomic mass is 10.1. The van der Waals surface area contributed by atoms with E-state index in [2.05, 4.69) is 25.9 Å². The predicted molar refractivity (Wildman–Crippen MR) is 150 cm³/mol. The molecule has 0 spiro atoms. The van der Waals surface area contributed by atoms with Crippen LogP contribution in [0.5, 0.6) is 11.5 Å². The van der Waals surface area contributed by atoms with Gasteiger partial charge in [0.1, 0.15) is 28.4 Å². The maximum Gasteiger partial charge on any atom is 0.342 e. The molecule has 214 valence electrons. The van der Waals surface area contributed by atoms with E-state index in [0.29, 0.717) is 5.69 Å². The number of carbonyl (C=O) groups is 2. The second-order valence-corrected chi connectivity index (χ2v) is 9.75. The summed E-state index contributed by atoms with van der Waals surface area (Å²) in [7, 11) is 0. The van der Waals surface area contributed by atoms with Gasteiger partial charge in [-0.25, -0.2) is 4.79 Å². The number of aliphatic imine (C=N–C) groups is 2. The number of ether oxygens (including phenoxy) is 3. The molecule has 0 aliphatic carbocycles. The van der Waals surface area contributed by atoms with Gasteiger partial charge in [0.25, 0.3) is 11.8 Å². The average Bonchev–Trinajstić information content (AvgIpc) is 2.88. The molecule has 41 heavy (non-hydrogen) atoms. The first-order valence-corrected chi connectivity index (χ1v) is 12.2. The number of hydrogen-bond donors (Lipinski definition) is 8. The molecule has 1 amide bonds. The zero-order valence-corrected chi connectivity index (χ0v) is 22.4. The van der Waals surface area contributed by atoms with Crippen LogP contribution >= 0.6 is 0 Å². The van der Waals surface area contributed by atoms with Crippen molar-refractivity contribution in [1.82, 2.24) is 10.6 Å². The maximum absolute atomic E-state index is 13.0. The van der Waals surface area contributed by atoms with Crippen LogP contribution in [-0.4, -0.2) is 58.9 Å². The fourth-order valence-electron chi connectivity index (χ4n) is 3.61. The van der Waals surface area contributed by atoms with E-state index in [9.17, 15) is 14.7 Å².